The number of aromatic nitrogens is 5. The Morgan fingerprint density at radius 2 is 1.81 bits per heavy atom. The Bertz CT molecular complexity index is 1410. The molecule has 7 nitrogen and oxygen atoms in total. The molecule has 0 atom stereocenters. The zero-order valence-electron chi connectivity index (χ0n) is 16.9. The lowest BCUT2D eigenvalue weighted by molar-refractivity contribution is -0.121. The fourth-order valence-electron chi connectivity index (χ4n) is 3.51. The smallest absolute Gasteiger partial charge is 0.220 e. The van der Waals surface area contributed by atoms with Gasteiger partial charge in [0, 0.05) is 42.4 Å². The highest BCUT2D eigenvalue weighted by atomic mass is 35.5. The Morgan fingerprint density at radius 1 is 1.03 bits per heavy atom. The Hall–Kier alpha value is -3.78. The fraction of sp³-hybridized carbons (Fsp3) is 0.130. The van der Waals surface area contributed by atoms with Crippen LogP contribution in [0.1, 0.15) is 17.8 Å². The monoisotopic (exact) mass is 448 g/mol. The van der Waals surface area contributed by atoms with Crippen LogP contribution < -0.4 is 5.32 Å². The molecular weight excluding hydrogens is 431 g/mol. The molecule has 0 saturated heterocycles. The van der Waals surface area contributed by atoms with Crippen molar-refractivity contribution in [2.75, 3.05) is 0 Å². The van der Waals surface area contributed by atoms with Gasteiger partial charge in [-0.1, -0.05) is 35.9 Å². The van der Waals surface area contributed by atoms with Crippen molar-refractivity contribution in [2.24, 2.45) is 0 Å². The van der Waals surface area contributed by atoms with Crippen LogP contribution in [-0.2, 0) is 17.8 Å². The second-order valence-corrected chi connectivity index (χ2v) is 7.81. The molecule has 1 amide bonds. The van der Waals surface area contributed by atoms with Crippen molar-refractivity contribution in [1.29, 1.82) is 0 Å². The van der Waals surface area contributed by atoms with E-state index >= 15 is 0 Å². The van der Waals surface area contributed by atoms with E-state index in [0.29, 0.717) is 29.5 Å². The first-order valence-corrected chi connectivity index (χ1v) is 10.4. The van der Waals surface area contributed by atoms with Gasteiger partial charge in [-0.2, -0.15) is 5.10 Å². The first-order chi connectivity index (χ1) is 15.6. The molecule has 160 valence electrons. The number of rotatable bonds is 6. The summed E-state index contributed by atoms with van der Waals surface area (Å²) in [6.07, 6.45) is 4.38. The van der Waals surface area contributed by atoms with Gasteiger partial charge in [-0.05, 0) is 35.9 Å². The van der Waals surface area contributed by atoms with Crippen LogP contribution in [0.15, 0.2) is 67.0 Å². The van der Waals surface area contributed by atoms with E-state index in [2.05, 4.69) is 20.6 Å². The van der Waals surface area contributed by atoms with Crippen LogP contribution in [-0.4, -0.2) is 30.1 Å². The van der Waals surface area contributed by atoms with Gasteiger partial charge in [-0.15, -0.1) is 10.2 Å². The fourth-order valence-corrected chi connectivity index (χ4v) is 3.63. The molecular formula is C23H18ClFN6O. The summed E-state index contributed by atoms with van der Waals surface area (Å²) in [6, 6.07) is 15.5. The maximum Gasteiger partial charge on any atom is 0.220 e. The number of fused-ring (bicyclic) bond motifs is 3. The number of halogens is 2. The minimum atomic E-state index is -0.300. The third-order valence-corrected chi connectivity index (χ3v) is 5.46. The first-order valence-electron chi connectivity index (χ1n) is 10.1. The minimum Gasteiger partial charge on any atom is -0.352 e. The molecule has 0 bridgehead atoms. The van der Waals surface area contributed by atoms with Crippen LogP contribution in [0.2, 0.25) is 5.02 Å². The van der Waals surface area contributed by atoms with Gasteiger partial charge in [0.2, 0.25) is 5.91 Å². The lowest BCUT2D eigenvalue weighted by Crippen LogP contribution is -2.23. The van der Waals surface area contributed by atoms with E-state index in [1.165, 1.54) is 12.1 Å². The van der Waals surface area contributed by atoms with Gasteiger partial charge in [0.05, 0.1) is 5.69 Å². The van der Waals surface area contributed by atoms with E-state index in [1.807, 2.05) is 47.1 Å². The van der Waals surface area contributed by atoms with Gasteiger partial charge in [0.15, 0.2) is 5.65 Å². The van der Waals surface area contributed by atoms with E-state index in [0.717, 1.165) is 22.3 Å². The van der Waals surface area contributed by atoms with Gasteiger partial charge in [-0.25, -0.2) is 8.91 Å². The second kappa shape index (κ2) is 8.39. The number of aryl methyl sites for hydroxylation is 1. The highest BCUT2D eigenvalue weighted by Gasteiger charge is 2.13. The molecule has 0 aliphatic rings. The summed E-state index contributed by atoms with van der Waals surface area (Å²) in [6.45, 7) is 0.351. The number of hydrogen-bond acceptors (Lipinski definition) is 4. The van der Waals surface area contributed by atoms with Gasteiger partial charge in [-0.3, -0.25) is 9.20 Å². The van der Waals surface area contributed by atoms with Gasteiger partial charge in [0.25, 0.3) is 0 Å². The summed E-state index contributed by atoms with van der Waals surface area (Å²) in [5.41, 5.74) is 4.08. The molecule has 0 fully saturated rings. The van der Waals surface area contributed by atoms with E-state index in [-0.39, 0.29) is 18.1 Å². The van der Waals surface area contributed by atoms with Crippen molar-refractivity contribution in [3.05, 3.63) is 89.2 Å². The van der Waals surface area contributed by atoms with Gasteiger partial charge in [0.1, 0.15) is 17.2 Å². The van der Waals surface area contributed by atoms with Gasteiger partial charge >= 0.3 is 0 Å². The number of carbonyl (C=O) groups is 1. The maximum absolute atomic E-state index is 13.0. The highest BCUT2D eigenvalue weighted by Crippen LogP contribution is 2.23. The summed E-state index contributed by atoms with van der Waals surface area (Å²) in [5, 5.41) is 16.7. The van der Waals surface area contributed by atoms with E-state index in [4.69, 9.17) is 11.6 Å². The molecule has 3 heterocycles. The zero-order valence-corrected chi connectivity index (χ0v) is 17.6. The Kier molecular flexibility index (Phi) is 5.28. The predicted molar refractivity (Wildman–Crippen MR) is 119 cm³/mol. The van der Waals surface area contributed by atoms with E-state index in [1.54, 1.807) is 16.6 Å². The Labute approximate surface area is 187 Å². The van der Waals surface area contributed by atoms with Gasteiger partial charge < -0.3 is 5.32 Å². The summed E-state index contributed by atoms with van der Waals surface area (Å²) in [5.74, 6) is 0.279. The average Bonchev–Trinajstić information content (AvgIpc) is 3.41. The molecule has 5 aromatic rings. The van der Waals surface area contributed by atoms with E-state index < -0.39 is 0 Å². The van der Waals surface area contributed by atoms with Crippen LogP contribution in [0.25, 0.3) is 22.4 Å². The number of amides is 1. The molecule has 0 unspecified atom stereocenters. The van der Waals surface area contributed by atoms with Crippen molar-refractivity contribution < 1.29 is 9.18 Å². The van der Waals surface area contributed by atoms with Crippen LogP contribution in [0.3, 0.4) is 0 Å². The normalized spacial score (nSPS) is 11.3. The number of carbonyl (C=O) groups excluding carboxylic acids is 1. The maximum atomic E-state index is 13.0. The molecule has 1 N–H and O–H groups in total. The van der Waals surface area contributed by atoms with Crippen LogP contribution in [0.5, 0.6) is 0 Å². The van der Waals surface area contributed by atoms with Crippen LogP contribution >= 0.6 is 11.6 Å². The molecule has 3 aromatic heterocycles. The Balaban J connectivity index is 1.30. The summed E-state index contributed by atoms with van der Waals surface area (Å²) >= 11 is 5.98. The lowest BCUT2D eigenvalue weighted by Gasteiger charge is -2.05. The highest BCUT2D eigenvalue weighted by molar-refractivity contribution is 6.30. The molecule has 9 heteroatoms. The molecule has 32 heavy (non-hydrogen) atoms. The quantitative estimate of drug-likeness (QED) is 0.424. The molecule has 0 aliphatic carbocycles. The standard InChI is InChI=1S/C23H18ClFN6O/c24-17-5-3-16(4-6-17)19-13-20-23-28-27-21(30(23)11-12-31(20)29-19)9-10-22(32)26-14-15-1-7-18(25)8-2-15/h1-8,11-13H,9-10,14H2,(H,26,32). The van der Waals surface area contributed by atoms with Crippen molar-refractivity contribution in [1.82, 2.24) is 29.5 Å². The van der Waals surface area contributed by atoms with Crippen LogP contribution in [0.4, 0.5) is 4.39 Å². The summed E-state index contributed by atoms with van der Waals surface area (Å²) in [7, 11) is 0. The number of nitrogens with one attached hydrogen (secondary N) is 1. The van der Waals surface area contributed by atoms with E-state index in [9.17, 15) is 9.18 Å². The van der Waals surface area contributed by atoms with Crippen molar-refractivity contribution in [3.8, 4) is 11.3 Å². The molecule has 0 radical (unpaired) electrons. The van der Waals surface area contributed by atoms with Crippen molar-refractivity contribution >= 4 is 28.7 Å². The van der Waals surface area contributed by atoms with Crippen LogP contribution in [0, 0.1) is 5.82 Å². The molecule has 5 rings (SSSR count). The second-order valence-electron chi connectivity index (χ2n) is 7.38. The third-order valence-electron chi connectivity index (χ3n) is 5.21. The predicted octanol–water partition coefficient (Wildman–Crippen LogP) is 4.09. The Morgan fingerprint density at radius 3 is 2.59 bits per heavy atom. The number of nitrogens with zero attached hydrogens (tertiary/aromatic N) is 5. The topological polar surface area (TPSA) is 76.6 Å². The summed E-state index contributed by atoms with van der Waals surface area (Å²) in [4.78, 5) is 12.2. The van der Waals surface area contributed by atoms with Crippen molar-refractivity contribution in [2.45, 2.75) is 19.4 Å². The lowest BCUT2D eigenvalue weighted by atomic mass is 10.1. The first kappa shape index (κ1) is 20.1. The zero-order chi connectivity index (χ0) is 22.1. The number of benzene rings is 2. The summed E-state index contributed by atoms with van der Waals surface area (Å²) < 4.78 is 16.6. The van der Waals surface area contributed by atoms with Crippen molar-refractivity contribution in [3.63, 3.8) is 0 Å². The molecule has 0 saturated carbocycles. The minimum absolute atomic E-state index is 0.110. The number of hydrogen-bond donors (Lipinski definition) is 1. The SMILES string of the molecule is O=C(CCc1nnc2c3cc(-c4ccc(Cl)cc4)nn3ccn12)NCc1ccc(F)cc1. The molecule has 0 spiro atoms. The molecule has 0 aliphatic heterocycles. The largest absolute Gasteiger partial charge is 0.352 e. The third kappa shape index (κ3) is 4.04. The average molecular weight is 449 g/mol. The molecule has 2 aromatic carbocycles.